The van der Waals surface area contributed by atoms with Crippen LogP contribution in [0.2, 0.25) is 0 Å². The molecule has 1 atom stereocenters. The lowest BCUT2D eigenvalue weighted by Crippen LogP contribution is -2.50. The molecule has 130 valence electrons. The third-order valence-electron chi connectivity index (χ3n) is 5.41. The van der Waals surface area contributed by atoms with Gasteiger partial charge in [0.15, 0.2) is 0 Å². The van der Waals surface area contributed by atoms with Crippen molar-refractivity contribution in [3.63, 3.8) is 0 Å². The summed E-state index contributed by atoms with van der Waals surface area (Å²) in [7, 11) is 0. The number of aliphatic carboxylic acids is 1. The summed E-state index contributed by atoms with van der Waals surface area (Å²) in [5, 5.41) is 23.9. The van der Waals surface area contributed by atoms with Crippen LogP contribution in [-0.2, 0) is 15.1 Å². The first-order chi connectivity index (χ1) is 11.2. The van der Waals surface area contributed by atoms with Gasteiger partial charge in [-0.05, 0) is 38.5 Å². The summed E-state index contributed by atoms with van der Waals surface area (Å²) in [5.74, 6) is -1.20. The highest BCUT2D eigenvalue weighted by molar-refractivity contribution is 5.84. The minimum atomic E-state index is -1.03. The van der Waals surface area contributed by atoms with Crippen LogP contribution in [0.15, 0.2) is 12.4 Å². The lowest BCUT2D eigenvalue weighted by Gasteiger charge is -2.37. The van der Waals surface area contributed by atoms with Crippen molar-refractivity contribution >= 4 is 17.6 Å². The number of hydrogen-bond acceptors (Lipinski definition) is 5. The Morgan fingerprint density at radius 3 is 2.50 bits per heavy atom. The van der Waals surface area contributed by atoms with Crippen molar-refractivity contribution in [3.8, 4) is 0 Å². The van der Waals surface area contributed by atoms with Gasteiger partial charge in [-0.25, -0.2) is 0 Å². The summed E-state index contributed by atoms with van der Waals surface area (Å²) in [6, 6.07) is 0. The number of carboxylic acid groups (broad SMARTS) is 1. The maximum atomic E-state index is 12.8. The molecule has 1 unspecified atom stereocenters. The lowest BCUT2D eigenvalue weighted by atomic mass is 9.89. The number of nitrogens with zero attached hydrogens (tertiary/aromatic N) is 4. The average molecular weight is 336 g/mol. The summed E-state index contributed by atoms with van der Waals surface area (Å²) in [4.78, 5) is 35.9. The fraction of sp³-hybridized carbons (Fsp3) is 0.667. The Balaban J connectivity index is 1.68. The number of nitro groups is 1. The summed E-state index contributed by atoms with van der Waals surface area (Å²) in [5.41, 5.74) is -1.33. The molecule has 2 heterocycles. The summed E-state index contributed by atoms with van der Waals surface area (Å²) in [6.45, 7) is 4.37. The molecule has 2 aliphatic rings. The van der Waals surface area contributed by atoms with E-state index < -0.39 is 16.4 Å². The fourth-order valence-corrected chi connectivity index (χ4v) is 3.60. The molecular formula is C15H20N4O5. The number of carboxylic acids is 1. The van der Waals surface area contributed by atoms with Crippen molar-refractivity contribution in [2.75, 3.05) is 13.1 Å². The Labute approximate surface area is 138 Å². The predicted molar refractivity (Wildman–Crippen MR) is 82.2 cm³/mol. The van der Waals surface area contributed by atoms with Crippen molar-refractivity contribution in [1.82, 2.24) is 14.7 Å². The van der Waals surface area contributed by atoms with Gasteiger partial charge in [0.2, 0.25) is 5.91 Å². The quantitative estimate of drug-likeness (QED) is 0.652. The average Bonchev–Trinajstić information content (AvgIpc) is 2.99. The molecule has 0 radical (unpaired) electrons. The smallest absolute Gasteiger partial charge is 0.307 e. The molecule has 2 fully saturated rings. The minimum absolute atomic E-state index is 0.142. The van der Waals surface area contributed by atoms with Crippen molar-refractivity contribution in [2.45, 2.75) is 38.6 Å². The molecule has 0 aromatic carbocycles. The molecule has 9 nitrogen and oxygen atoms in total. The Bertz CT molecular complexity index is 702. The van der Waals surface area contributed by atoms with E-state index in [2.05, 4.69) is 5.10 Å². The van der Waals surface area contributed by atoms with Crippen LogP contribution in [0.4, 0.5) is 5.69 Å². The topological polar surface area (TPSA) is 119 Å². The molecule has 1 saturated heterocycles. The highest BCUT2D eigenvalue weighted by Crippen LogP contribution is 2.59. The van der Waals surface area contributed by atoms with Gasteiger partial charge in [0.05, 0.1) is 10.8 Å². The zero-order valence-corrected chi connectivity index (χ0v) is 13.6. The maximum Gasteiger partial charge on any atom is 0.307 e. The monoisotopic (exact) mass is 336 g/mol. The standard InChI is InChI=1S/C15H20N4O5/c1-14(2,18-9-10(8-16-18)19(23)24)13(22)17-5-3-15(4-6-17)7-11(15)12(20)21/h8-9,11H,3-7H2,1-2H3,(H,20,21). The predicted octanol–water partition coefficient (Wildman–Crippen LogP) is 1.24. The van der Waals surface area contributed by atoms with Crippen molar-refractivity contribution in [2.24, 2.45) is 11.3 Å². The molecule has 24 heavy (non-hydrogen) atoms. The third kappa shape index (κ3) is 2.53. The van der Waals surface area contributed by atoms with E-state index in [9.17, 15) is 19.7 Å². The molecule has 1 aliphatic heterocycles. The zero-order valence-electron chi connectivity index (χ0n) is 13.6. The zero-order chi connectivity index (χ0) is 17.7. The molecule has 1 spiro atoms. The normalized spacial score (nSPS) is 22.4. The van der Waals surface area contributed by atoms with Gasteiger partial charge >= 0.3 is 11.7 Å². The second-order valence-electron chi connectivity index (χ2n) is 7.21. The lowest BCUT2D eigenvalue weighted by molar-refractivity contribution is -0.385. The molecule has 1 aliphatic carbocycles. The van der Waals surface area contributed by atoms with Crippen LogP contribution in [0.25, 0.3) is 0 Å². The number of piperidine rings is 1. The first kappa shape index (κ1) is 16.4. The number of amides is 1. The first-order valence-corrected chi connectivity index (χ1v) is 7.89. The Morgan fingerprint density at radius 2 is 2.04 bits per heavy atom. The number of rotatable bonds is 4. The van der Waals surface area contributed by atoms with Crippen LogP contribution in [0, 0.1) is 21.4 Å². The van der Waals surface area contributed by atoms with Crippen LogP contribution >= 0.6 is 0 Å². The Hall–Kier alpha value is -2.45. The highest BCUT2D eigenvalue weighted by Gasteiger charge is 2.59. The van der Waals surface area contributed by atoms with E-state index >= 15 is 0 Å². The summed E-state index contributed by atoms with van der Waals surface area (Å²) in [6.07, 6.45) is 4.45. The van der Waals surface area contributed by atoms with E-state index in [0.29, 0.717) is 32.4 Å². The van der Waals surface area contributed by atoms with Gasteiger partial charge in [-0.1, -0.05) is 0 Å². The molecule has 1 aromatic rings. The SMILES string of the molecule is CC(C)(C(=O)N1CCC2(CC1)CC2C(=O)O)n1cc([N+](=O)[O-])cn1. The number of carbonyl (C=O) groups excluding carboxylic acids is 1. The van der Waals surface area contributed by atoms with E-state index in [1.807, 2.05) is 0 Å². The van der Waals surface area contributed by atoms with E-state index in [1.165, 1.54) is 10.9 Å². The van der Waals surface area contributed by atoms with E-state index in [4.69, 9.17) is 5.11 Å². The summed E-state index contributed by atoms with van der Waals surface area (Å²) >= 11 is 0. The Kier molecular flexibility index (Phi) is 3.61. The number of carbonyl (C=O) groups is 2. The van der Waals surface area contributed by atoms with Gasteiger partial charge in [0, 0.05) is 13.1 Å². The van der Waals surface area contributed by atoms with Crippen molar-refractivity contribution < 1.29 is 19.6 Å². The van der Waals surface area contributed by atoms with Crippen molar-refractivity contribution in [1.29, 1.82) is 0 Å². The van der Waals surface area contributed by atoms with Crippen LogP contribution < -0.4 is 0 Å². The molecule has 1 aromatic heterocycles. The number of likely N-dealkylation sites (tertiary alicyclic amines) is 1. The molecule has 1 saturated carbocycles. The van der Waals surface area contributed by atoms with E-state index in [0.717, 1.165) is 6.20 Å². The molecule has 1 N–H and O–H groups in total. The highest BCUT2D eigenvalue weighted by atomic mass is 16.6. The summed E-state index contributed by atoms with van der Waals surface area (Å²) < 4.78 is 1.31. The second kappa shape index (κ2) is 5.29. The van der Waals surface area contributed by atoms with Crippen LogP contribution in [0.5, 0.6) is 0 Å². The number of hydrogen-bond donors (Lipinski definition) is 1. The van der Waals surface area contributed by atoms with Crippen molar-refractivity contribution in [3.05, 3.63) is 22.5 Å². The van der Waals surface area contributed by atoms with Gasteiger partial charge < -0.3 is 10.0 Å². The van der Waals surface area contributed by atoms with Gasteiger partial charge in [-0.15, -0.1) is 0 Å². The largest absolute Gasteiger partial charge is 0.481 e. The van der Waals surface area contributed by atoms with Gasteiger partial charge in [0.1, 0.15) is 17.9 Å². The van der Waals surface area contributed by atoms with E-state index in [1.54, 1.807) is 18.7 Å². The fourth-order valence-electron chi connectivity index (χ4n) is 3.60. The third-order valence-corrected chi connectivity index (χ3v) is 5.41. The second-order valence-corrected chi connectivity index (χ2v) is 7.21. The van der Waals surface area contributed by atoms with Crippen LogP contribution in [0.1, 0.15) is 33.1 Å². The molecular weight excluding hydrogens is 316 g/mol. The maximum absolute atomic E-state index is 12.8. The first-order valence-electron chi connectivity index (χ1n) is 7.89. The van der Waals surface area contributed by atoms with Gasteiger partial charge in [0.25, 0.3) is 0 Å². The van der Waals surface area contributed by atoms with Gasteiger partial charge in [-0.2, -0.15) is 5.10 Å². The molecule has 9 heteroatoms. The molecule has 1 amide bonds. The van der Waals surface area contributed by atoms with Gasteiger partial charge in [-0.3, -0.25) is 24.4 Å². The Morgan fingerprint density at radius 1 is 1.42 bits per heavy atom. The number of aromatic nitrogens is 2. The van der Waals surface area contributed by atoms with Crippen LogP contribution in [0.3, 0.4) is 0 Å². The molecule has 3 rings (SSSR count). The molecule has 0 bridgehead atoms. The van der Waals surface area contributed by atoms with E-state index in [-0.39, 0.29) is 22.9 Å². The minimum Gasteiger partial charge on any atom is -0.481 e. The van der Waals surface area contributed by atoms with Crippen LogP contribution in [-0.4, -0.2) is 49.7 Å².